The van der Waals surface area contributed by atoms with Gasteiger partial charge in [-0.05, 0) is 33.8 Å². The van der Waals surface area contributed by atoms with Crippen LogP contribution in [0.2, 0.25) is 0 Å². The summed E-state index contributed by atoms with van der Waals surface area (Å²) in [6.45, 7) is 8.99. The van der Waals surface area contributed by atoms with E-state index >= 15 is 0 Å². The lowest BCUT2D eigenvalue weighted by Gasteiger charge is -2.32. The van der Waals surface area contributed by atoms with Crippen LogP contribution >= 0.6 is 0 Å². The SMILES string of the molecule is CCN(CC)C(=N)Oc1cc2c(cc1OC)C(=O)CC(C)(C)O2. The van der Waals surface area contributed by atoms with Crippen LogP contribution in [-0.4, -0.2) is 42.5 Å². The third-order valence-corrected chi connectivity index (χ3v) is 3.80. The van der Waals surface area contributed by atoms with Crippen LogP contribution in [0.1, 0.15) is 44.5 Å². The van der Waals surface area contributed by atoms with E-state index in [2.05, 4.69) is 0 Å². The molecule has 0 amide bonds. The Morgan fingerprint density at radius 3 is 2.52 bits per heavy atom. The Balaban J connectivity index is 2.37. The Morgan fingerprint density at radius 1 is 1.30 bits per heavy atom. The van der Waals surface area contributed by atoms with Gasteiger partial charge in [0, 0.05) is 19.2 Å². The second-order valence-corrected chi connectivity index (χ2v) is 6.04. The van der Waals surface area contributed by atoms with Gasteiger partial charge in [-0.2, -0.15) is 0 Å². The van der Waals surface area contributed by atoms with Crippen molar-refractivity contribution in [2.75, 3.05) is 20.2 Å². The van der Waals surface area contributed by atoms with Crippen molar-refractivity contribution in [3.05, 3.63) is 17.7 Å². The smallest absolute Gasteiger partial charge is 0.290 e. The number of nitrogens with one attached hydrogen (secondary N) is 1. The molecule has 6 heteroatoms. The number of hydrogen-bond donors (Lipinski definition) is 1. The second kappa shape index (κ2) is 6.48. The Morgan fingerprint density at radius 2 is 1.96 bits per heavy atom. The van der Waals surface area contributed by atoms with Crippen LogP contribution in [0.15, 0.2) is 12.1 Å². The molecule has 0 radical (unpaired) electrons. The number of carbonyl (C=O) groups is 1. The quantitative estimate of drug-likeness (QED) is 0.682. The lowest BCUT2D eigenvalue weighted by molar-refractivity contribution is 0.0618. The molecule has 1 aromatic carbocycles. The third kappa shape index (κ3) is 3.57. The minimum atomic E-state index is -0.553. The summed E-state index contributed by atoms with van der Waals surface area (Å²) >= 11 is 0. The fourth-order valence-corrected chi connectivity index (χ4v) is 2.58. The van der Waals surface area contributed by atoms with Gasteiger partial charge in [-0.1, -0.05) is 0 Å². The molecule has 2 rings (SSSR count). The lowest BCUT2D eigenvalue weighted by Crippen LogP contribution is -2.36. The average molecular weight is 320 g/mol. The number of fused-ring (bicyclic) bond motifs is 1. The predicted molar refractivity (Wildman–Crippen MR) is 87.9 cm³/mol. The van der Waals surface area contributed by atoms with Gasteiger partial charge in [-0.25, -0.2) is 0 Å². The molecule has 1 N–H and O–H groups in total. The van der Waals surface area contributed by atoms with E-state index in [0.717, 1.165) is 0 Å². The summed E-state index contributed by atoms with van der Waals surface area (Å²) in [6, 6.07) is 3.29. The van der Waals surface area contributed by atoms with Crippen LogP contribution in [0.25, 0.3) is 0 Å². The maximum atomic E-state index is 12.3. The van der Waals surface area contributed by atoms with Gasteiger partial charge < -0.3 is 19.1 Å². The number of carbonyl (C=O) groups excluding carboxylic acids is 1. The van der Waals surface area contributed by atoms with Crippen molar-refractivity contribution >= 4 is 11.8 Å². The monoisotopic (exact) mass is 320 g/mol. The molecule has 0 fully saturated rings. The Labute approximate surface area is 136 Å². The number of hydrogen-bond acceptors (Lipinski definition) is 5. The van der Waals surface area contributed by atoms with Gasteiger partial charge >= 0.3 is 0 Å². The molecule has 0 saturated heterocycles. The summed E-state index contributed by atoms with van der Waals surface area (Å²) in [5.41, 5.74) is -0.0645. The van der Waals surface area contributed by atoms with Crippen molar-refractivity contribution in [1.82, 2.24) is 4.90 Å². The molecular formula is C17H24N2O4. The van der Waals surface area contributed by atoms with E-state index in [9.17, 15) is 4.79 Å². The van der Waals surface area contributed by atoms with Gasteiger partial charge in [-0.15, -0.1) is 0 Å². The summed E-state index contributed by atoms with van der Waals surface area (Å²) in [4.78, 5) is 14.0. The van der Waals surface area contributed by atoms with Gasteiger partial charge in [0.15, 0.2) is 17.3 Å². The van der Waals surface area contributed by atoms with Crippen LogP contribution in [0.3, 0.4) is 0 Å². The van der Waals surface area contributed by atoms with Crippen molar-refractivity contribution in [1.29, 1.82) is 5.41 Å². The highest BCUT2D eigenvalue weighted by Crippen LogP contribution is 2.40. The molecule has 1 aliphatic heterocycles. The molecule has 23 heavy (non-hydrogen) atoms. The Hall–Kier alpha value is -2.24. The standard InChI is InChI=1S/C17H24N2O4/c1-6-19(7-2)16(18)22-15-9-13-11(8-14(15)21-5)12(20)10-17(3,4)23-13/h8-9,18H,6-7,10H2,1-5H3. The van der Waals surface area contributed by atoms with Gasteiger partial charge in [0.1, 0.15) is 11.4 Å². The normalized spacial score (nSPS) is 15.4. The second-order valence-electron chi connectivity index (χ2n) is 6.04. The highest BCUT2D eigenvalue weighted by atomic mass is 16.5. The number of rotatable bonds is 4. The van der Waals surface area contributed by atoms with E-state index in [1.807, 2.05) is 27.7 Å². The fraction of sp³-hybridized carbons (Fsp3) is 0.529. The average Bonchev–Trinajstić information content (AvgIpc) is 2.46. The molecular weight excluding hydrogens is 296 g/mol. The molecule has 1 heterocycles. The van der Waals surface area contributed by atoms with Crippen molar-refractivity contribution in [2.45, 2.75) is 39.7 Å². The largest absolute Gasteiger partial charge is 0.493 e. The number of ketones is 1. The van der Waals surface area contributed by atoms with Crippen LogP contribution < -0.4 is 14.2 Å². The molecule has 1 aliphatic rings. The van der Waals surface area contributed by atoms with Crippen molar-refractivity contribution in [3.8, 4) is 17.2 Å². The van der Waals surface area contributed by atoms with E-state index in [0.29, 0.717) is 42.3 Å². The van der Waals surface area contributed by atoms with Gasteiger partial charge in [0.25, 0.3) is 6.02 Å². The molecule has 0 atom stereocenters. The predicted octanol–water partition coefficient (Wildman–Crippen LogP) is 3.09. The molecule has 126 valence electrons. The highest BCUT2D eigenvalue weighted by molar-refractivity contribution is 6.01. The van der Waals surface area contributed by atoms with E-state index in [4.69, 9.17) is 19.6 Å². The van der Waals surface area contributed by atoms with Crippen molar-refractivity contribution < 1.29 is 19.0 Å². The number of ether oxygens (including phenoxy) is 3. The molecule has 0 aliphatic carbocycles. The number of amidine groups is 1. The maximum absolute atomic E-state index is 12.3. The van der Waals surface area contributed by atoms with Crippen molar-refractivity contribution in [2.24, 2.45) is 0 Å². The summed E-state index contributed by atoms with van der Waals surface area (Å²) in [5, 5.41) is 8.05. The summed E-state index contributed by atoms with van der Waals surface area (Å²) < 4.78 is 16.8. The Kier molecular flexibility index (Phi) is 4.82. The van der Waals surface area contributed by atoms with E-state index in [-0.39, 0.29) is 11.8 Å². The highest BCUT2D eigenvalue weighted by Gasteiger charge is 2.34. The fourth-order valence-electron chi connectivity index (χ4n) is 2.58. The maximum Gasteiger partial charge on any atom is 0.290 e. The number of benzene rings is 1. The number of methoxy groups -OCH3 is 1. The van der Waals surface area contributed by atoms with Gasteiger partial charge in [0.2, 0.25) is 0 Å². The van der Waals surface area contributed by atoms with Crippen LogP contribution in [0, 0.1) is 5.41 Å². The molecule has 0 unspecified atom stereocenters. The molecule has 0 bridgehead atoms. The molecule has 6 nitrogen and oxygen atoms in total. The first-order valence-corrected chi connectivity index (χ1v) is 7.77. The third-order valence-electron chi connectivity index (χ3n) is 3.80. The zero-order chi connectivity index (χ0) is 17.2. The molecule has 0 saturated carbocycles. The van der Waals surface area contributed by atoms with Gasteiger partial charge in [-0.3, -0.25) is 10.2 Å². The molecule has 1 aromatic rings. The van der Waals surface area contributed by atoms with E-state index in [1.165, 1.54) is 7.11 Å². The Bertz CT molecular complexity index is 621. The summed E-state index contributed by atoms with van der Waals surface area (Å²) in [7, 11) is 1.51. The lowest BCUT2D eigenvalue weighted by atomic mass is 9.93. The minimum Gasteiger partial charge on any atom is -0.493 e. The molecule has 0 spiro atoms. The van der Waals surface area contributed by atoms with Crippen LogP contribution in [-0.2, 0) is 0 Å². The van der Waals surface area contributed by atoms with E-state index < -0.39 is 5.60 Å². The number of Topliss-reactive ketones (excluding diaryl/α,β-unsaturated/α-hetero) is 1. The molecule has 0 aromatic heterocycles. The van der Waals surface area contributed by atoms with E-state index in [1.54, 1.807) is 17.0 Å². The van der Waals surface area contributed by atoms with Crippen LogP contribution in [0.5, 0.6) is 17.2 Å². The van der Waals surface area contributed by atoms with Crippen LogP contribution in [0.4, 0.5) is 0 Å². The summed E-state index contributed by atoms with van der Waals surface area (Å²) in [5.74, 6) is 1.26. The first-order valence-electron chi connectivity index (χ1n) is 7.77. The zero-order valence-electron chi connectivity index (χ0n) is 14.4. The van der Waals surface area contributed by atoms with Gasteiger partial charge in [0.05, 0.1) is 19.1 Å². The summed E-state index contributed by atoms with van der Waals surface area (Å²) in [6.07, 6.45) is 0.318. The first kappa shape index (κ1) is 17.1. The van der Waals surface area contributed by atoms with Crippen molar-refractivity contribution in [3.63, 3.8) is 0 Å². The first-order chi connectivity index (χ1) is 10.8. The topological polar surface area (TPSA) is 71.9 Å². The number of nitrogens with zero attached hydrogens (tertiary/aromatic N) is 1. The minimum absolute atomic E-state index is 0.0138. The zero-order valence-corrected chi connectivity index (χ0v) is 14.4.